The smallest absolute Gasteiger partial charge is 0.222 e. The molecule has 40 heavy (non-hydrogen) atoms. The minimum atomic E-state index is 0.110. The third kappa shape index (κ3) is 31.1. The van der Waals surface area contributed by atoms with Gasteiger partial charge in [-0.25, -0.2) is 0 Å². The van der Waals surface area contributed by atoms with Gasteiger partial charge in [-0.05, 0) is 47.0 Å². The quantitative estimate of drug-likeness (QED) is 0.272. The lowest BCUT2D eigenvalue weighted by Gasteiger charge is -2.16. The Hall–Kier alpha value is -1.42. The molecule has 0 saturated heterocycles. The van der Waals surface area contributed by atoms with E-state index in [1.165, 1.54) is 28.0 Å². The van der Waals surface area contributed by atoms with Crippen LogP contribution in [0, 0.1) is 5.92 Å². The molecule has 240 valence electrons. The van der Waals surface area contributed by atoms with Gasteiger partial charge in [-0.2, -0.15) is 0 Å². The molecule has 4 atom stereocenters. The number of thioether (sulfide) groups is 2. The molecule has 4 rings (SSSR count). The first kappa shape index (κ1) is 45.6. The van der Waals surface area contributed by atoms with Gasteiger partial charge in [0.25, 0.3) is 0 Å². The summed E-state index contributed by atoms with van der Waals surface area (Å²) in [6.07, 6.45) is 1.52. The van der Waals surface area contributed by atoms with Crippen LogP contribution in [-0.2, 0) is 19.1 Å². The summed E-state index contributed by atoms with van der Waals surface area (Å²) in [6.45, 7) is 34.2. The average Bonchev–Trinajstić information content (AvgIpc) is 2.97. The summed E-state index contributed by atoms with van der Waals surface area (Å²) in [4.78, 5) is 18.3. The maximum atomic E-state index is 5.11. The number of hydrogen-bond acceptors (Lipinski definition) is 10. The van der Waals surface area contributed by atoms with Gasteiger partial charge in [0.1, 0.15) is 12.7 Å². The molecule has 0 saturated carbocycles. The van der Waals surface area contributed by atoms with Crippen molar-refractivity contribution in [2.75, 3.05) is 31.3 Å². The fourth-order valence-corrected chi connectivity index (χ4v) is 4.28. The van der Waals surface area contributed by atoms with Crippen LogP contribution in [0.3, 0.4) is 0 Å². The van der Waals surface area contributed by atoms with Gasteiger partial charge in [0.05, 0.1) is 10.1 Å². The van der Waals surface area contributed by atoms with E-state index in [9.17, 15) is 0 Å². The topological polar surface area (TPSA) is 86.4 Å². The minimum Gasteiger partial charge on any atom is -0.475 e. The first-order chi connectivity index (χ1) is 19.2. The van der Waals surface area contributed by atoms with E-state index in [4.69, 9.17) is 19.1 Å². The highest BCUT2D eigenvalue weighted by Gasteiger charge is 2.10. The molecule has 0 bridgehead atoms. The summed E-state index contributed by atoms with van der Waals surface area (Å²) in [6, 6.07) is 0.580. The van der Waals surface area contributed by atoms with Crippen molar-refractivity contribution in [2.24, 2.45) is 26.2 Å². The Labute approximate surface area is 257 Å². The van der Waals surface area contributed by atoms with Crippen LogP contribution in [0.5, 0.6) is 0 Å². The van der Waals surface area contributed by atoms with Gasteiger partial charge in [0, 0.05) is 37.9 Å². The SMILES string of the molecule is CC.CC.CC.CC.CC1=NC(C)CCS1.CC1=NCC(C)CS1.CC1=NOC(C)CO1.CC1=NOCC(C)O1. The molecule has 0 radical (unpaired) electrons. The van der Waals surface area contributed by atoms with Gasteiger partial charge in [-0.1, -0.05) is 72.6 Å². The first-order valence-electron chi connectivity index (χ1n) is 15.1. The van der Waals surface area contributed by atoms with Gasteiger partial charge >= 0.3 is 0 Å². The Balaban J connectivity index is -0.000000199. The Morgan fingerprint density at radius 3 is 1.60 bits per heavy atom. The van der Waals surface area contributed by atoms with E-state index in [1.807, 2.05) is 92.8 Å². The molecule has 0 fully saturated rings. The summed E-state index contributed by atoms with van der Waals surface area (Å²) in [5.41, 5.74) is 0. The molecule has 10 heteroatoms. The molecule has 4 aliphatic heterocycles. The van der Waals surface area contributed by atoms with Crippen LogP contribution in [0.2, 0.25) is 0 Å². The zero-order valence-corrected chi connectivity index (χ0v) is 30.4. The third-order valence-electron chi connectivity index (χ3n) is 4.21. The van der Waals surface area contributed by atoms with Gasteiger partial charge in [-0.15, -0.1) is 23.5 Å². The van der Waals surface area contributed by atoms with E-state index < -0.39 is 0 Å². The highest BCUT2D eigenvalue weighted by molar-refractivity contribution is 8.14. The lowest BCUT2D eigenvalue weighted by Crippen LogP contribution is -2.22. The molecule has 0 aromatic heterocycles. The van der Waals surface area contributed by atoms with Crippen molar-refractivity contribution in [3.05, 3.63) is 0 Å². The minimum absolute atomic E-state index is 0.110. The van der Waals surface area contributed by atoms with Crippen molar-refractivity contribution in [1.29, 1.82) is 0 Å². The van der Waals surface area contributed by atoms with Gasteiger partial charge < -0.3 is 19.1 Å². The summed E-state index contributed by atoms with van der Waals surface area (Å²) in [5.74, 6) is 4.54. The predicted octanol–water partition coefficient (Wildman–Crippen LogP) is 9.33. The second kappa shape index (κ2) is 33.8. The van der Waals surface area contributed by atoms with E-state index in [2.05, 4.69) is 48.0 Å². The van der Waals surface area contributed by atoms with Crippen molar-refractivity contribution in [3.63, 3.8) is 0 Å². The van der Waals surface area contributed by atoms with Crippen molar-refractivity contribution in [1.82, 2.24) is 0 Å². The van der Waals surface area contributed by atoms with E-state index in [1.54, 1.807) is 13.8 Å². The number of ether oxygens (including phenoxy) is 2. The Bertz CT molecular complexity index is 646. The maximum Gasteiger partial charge on any atom is 0.222 e. The largest absolute Gasteiger partial charge is 0.475 e. The molecular weight excluding hydrogens is 544 g/mol. The lowest BCUT2D eigenvalue weighted by molar-refractivity contribution is 0.000235. The summed E-state index contributed by atoms with van der Waals surface area (Å²) >= 11 is 3.75. The molecule has 8 nitrogen and oxygen atoms in total. The number of rotatable bonds is 0. The van der Waals surface area contributed by atoms with Crippen LogP contribution in [0.15, 0.2) is 20.3 Å². The molecule has 4 unspecified atom stereocenters. The summed E-state index contributed by atoms with van der Waals surface area (Å²) < 4.78 is 10.1. The van der Waals surface area contributed by atoms with Crippen molar-refractivity contribution in [3.8, 4) is 0 Å². The second-order valence-corrected chi connectivity index (χ2v) is 10.6. The maximum absolute atomic E-state index is 5.11. The van der Waals surface area contributed by atoms with Crippen LogP contribution >= 0.6 is 23.5 Å². The monoisotopic (exact) mass is 608 g/mol. The molecule has 0 aliphatic carbocycles. The van der Waals surface area contributed by atoms with Crippen LogP contribution < -0.4 is 0 Å². The summed E-state index contributed by atoms with van der Waals surface area (Å²) in [7, 11) is 0. The van der Waals surface area contributed by atoms with E-state index >= 15 is 0 Å². The second-order valence-electron chi connectivity index (χ2n) is 8.08. The molecule has 0 spiro atoms. The normalized spacial score (nSPS) is 23.6. The van der Waals surface area contributed by atoms with Crippen LogP contribution in [-0.4, -0.2) is 71.4 Å². The Morgan fingerprint density at radius 2 is 1.30 bits per heavy atom. The number of hydrogen-bond donors (Lipinski definition) is 0. The van der Waals surface area contributed by atoms with Gasteiger partial charge in [-0.3, -0.25) is 9.98 Å². The molecule has 0 aromatic carbocycles. The molecule has 4 heterocycles. The molecule has 4 aliphatic rings. The van der Waals surface area contributed by atoms with Crippen molar-refractivity contribution < 1.29 is 19.1 Å². The highest BCUT2D eigenvalue weighted by atomic mass is 32.2. The predicted molar refractivity (Wildman–Crippen MR) is 184 cm³/mol. The van der Waals surface area contributed by atoms with E-state index in [-0.39, 0.29) is 12.2 Å². The fourth-order valence-electron chi connectivity index (χ4n) is 2.47. The first-order valence-corrected chi connectivity index (χ1v) is 17.1. The number of nitrogens with zero attached hydrogens (tertiary/aromatic N) is 4. The number of aliphatic imine (C=N–C) groups is 2. The van der Waals surface area contributed by atoms with Gasteiger partial charge in [0.2, 0.25) is 11.8 Å². The zero-order chi connectivity index (χ0) is 31.9. The van der Waals surface area contributed by atoms with Gasteiger partial charge in [0.15, 0.2) is 12.7 Å². The molecular formula is C30H64N4O4S2. The standard InChI is InChI=1S/2C6H11NS.2C5H9NO2.4C2H6/c1-5-3-7-6(2)8-4-5;1-5-3-4-8-6(2)7-5;1-4-3-7-6-5(2)8-4;1-4-3-7-5(2)6-8-4;4*1-2/h2*5H,3-4H2,1-2H3;2*4H,3H2,1-2H3;4*1-2H3. The lowest BCUT2D eigenvalue weighted by atomic mass is 10.2. The van der Waals surface area contributed by atoms with E-state index in [0.717, 1.165) is 12.5 Å². The fraction of sp³-hybridized carbons (Fsp3) is 0.867. The highest BCUT2D eigenvalue weighted by Crippen LogP contribution is 2.16. The van der Waals surface area contributed by atoms with E-state index in [0.29, 0.717) is 31.1 Å². The Kier molecular flexibility index (Phi) is 38.5. The number of oxime groups is 2. The average molecular weight is 609 g/mol. The summed E-state index contributed by atoms with van der Waals surface area (Å²) in [5, 5.41) is 9.69. The zero-order valence-electron chi connectivity index (χ0n) is 28.8. The van der Waals surface area contributed by atoms with Crippen LogP contribution in [0.4, 0.5) is 0 Å². The molecule has 0 N–H and O–H groups in total. The van der Waals surface area contributed by atoms with Crippen LogP contribution in [0.1, 0.15) is 117 Å². The van der Waals surface area contributed by atoms with Crippen LogP contribution in [0.25, 0.3) is 0 Å². The molecule has 0 aromatic rings. The van der Waals surface area contributed by atoms with Crippen molar-refractivity contribution >= 4 is 45.4 Å². The molecule has 0 amide bonds. The Morgan fingerprint density at radius 1 is 0.700 bits per heavy atom. The van der Waals surface area contributed by atoms with Crippen molar-refractivity contribution in [2.45, 2.75) is 135 Å². The third-order valence-corrected chi connectivity index (χ3v) is 6.46.